The molecule has 1 saturated heterocycles. The highest BCUT2D eigenvalue weighted by Gasteiger charge is 2.08. The third-order valence-electron chi connectivity index (χ3n) is 2.62. The van der Waals surface area contributed by atoms with Crippen LogP contribution in [0.1, 0.15) is 6.42 Å². The molecule has 15 heavy (non-hydrogen) atoms. The van der Waals surface area contributed by atoms with Crippen LogP contribution in [0, 0.1) is 0 Å². The van der Waals surface area contributed by atoms with Gasteiger partial charge in [-0.25, -0.2) is 0 Å². The lowest BCUT2D eigenvalue weighted by Crippen LogP contribution is -2.30. The largest absolute Gasteiger partial charge is 0.382 e. The number of hydrogen-bond donors (Lipinski definition) is 1. The van der Waals surface area contributed by atoms with Gasteiger partial charge in [-0.05, 0) is 12.5 Å². The first kappa shape index (κ1) is 10.4. The molecule has 1 aromatic rings. The van der Waals surface area contributed by atoms with E-state index in [0.717, 1.165) is 45.8 Å². The van der Waals surface area contributed by atoms with Gasteiger partial charge in [0.2, 0.25) is 0 Å². The van der Waals surface area contributed by atoms with Gasteiger partial charge in [-0.3, -0.25) is 9.58 Å². The van der Waals surface area contributed by atoms with Gasteiger partial charge < -0.3 is 10.5 Å². The number of hydrogen-bond acceptors (Lipinski definition) is 4. The summed E-state index contributed by atoms with van der Waals surface area (Å²) in [6.07, 6.45) is 3.05. The standard InChI is InChI=1S/C10H18N4O/c11-10-2-4-14(12-10)6-5-13-3-1-8-15-9-7-13/h2,4H,1,3,5-9H2,(H2,11,12). The number of anilines is 1. The molecule has 0 aromatic carbocycles. The van der Waals surface area contributed by atoms with E-state index < -0.39 is 0 Å². The Balaban J connectivity index is 1.76. The van der Waals surface area contributed by atoms with Gasteiger partial charge in [0.05, 0.1) is 13.2 Å². The van der Waals surface area contributed by atoms with Crippen LogP contribution in [-0.4, -0.2) is 47.5 Å². The molecule has 0 spiro atoms. The Bertz CT molecular complexity index is 291. The highest BCUT2D eigenvalue weighted by molar-refractivity contribution is 5.23. The second-order valence-corrected chi connectivity index (χ2v) is 3.81. The van der Waals surface area contributed by atoms with E-state index in [-0.39, 0.29) is 0 Å². The number of nitrogen functional groups attached to an aromatic ring is 1. The van der Waals surface area contributed by atoms with Gasteiger partial charge in [0.25, 0.3) is 0 Å². The van der Waals surface area contributed by atoms with E-state index >= 15 is 0 Å². The molecule has 1 fully saturated rings. The predicted molar refractivity (Wildman–Crippen MR) is 58.5 cm³/mol. The van der Waals surface area contributed by atoms with Crippen molar-refractivity contribution in [1.29, 1.82) is 0 Å². The molecular formula is C10H18N4O. The Morgan fingerprint density at radius 1 is 1.33 bits per heavy atom. The number of rotatable bonds is 3. The van der Waals surface area contributed by atoms with Gasteiger partial charge in [-0.2, -0.15) is 5.10 Å². The molecule has 1 aliphatic heterocycles. The zero-order valence-electron chi connectivity index (χ0n) is 8.93. The van der Waals surface area contributed by atoms with Crippen LogP contribution in [0.3, 0.4) is 0 Å². The molecule has 0 bridgehead atoms. The Hall–Kier alpha value is -1.07. The van der Waals surface area contributed by atoms with Gasteiger partial charge in [-0.15, -0.1) is 0 Å². The summed E-state index contributed by atoms with van der Waals surface area (Å²) in [5.41, 5.74) is 5.55. The van der Waals surface area contributed by atoms with Crippen molar-refractivity contribution in [3.05, 3.63) is 12.3 Å². The minimum atomic E-state index is 0.592. The van der Waals surface area contributed by atoms with Crippen LogP contribution in [0.2, 0.25) is 0 Å². The summed E-state index contributed by atoms with van der Waals surface area (Å²) < 4.78 is 7.29. The summed E-state index contributed by atoms with van der Waals surface area (Å²) >= 11 is 0. The van der Waals surface area contributed by atoms with Gasteiger partial charge in [0, 0.05) is 32.4 Å². The number of nitrogens with zero attached hydrogens (tertiary/aromatic N) is 3. The molecule has 0 unspecified atom stereocenters. The summed E-state index contributed by atoms with van der Waals surface area (Å²) in [5.74, 6) is 0.592. The lowest BCUT2D eigenvalue weighted by atomic mass is 10.4. The monoisotopic (exact) mass is 210 g/mol. The summed E-state index contributed by atoms with van der Waals surface area (Å²) in [6, 6.07) is 1.82. The molecule has 2 heterocycles. The Morgan fingerprint density at radius 3 is 3.07 bits per heavy atom. The van der Waals surface area contributed by atoms with Crippen molar-refractivity contribution in [2.75, 3.05) is 38.6 Å². The summed E-state index contributed by atoms with van der Waals surface area (Å²) in [6.45, 7) is 5.81. The highest BCUT2D eigenvalue weighted by Crippen LogP contribution is 2.00. The maximum Gasteiger partial charge on any atom is 0.145 e. The van der Waals surface area contributed by atoms with Crippen LogP contribution < -0.4 is 5.73 Å². The number of ether oxygens (including phenoxy) is 1. The third-order valence-corrected chi connectivity index (χ3v) is 2.62. The zero-order chi connectivity index (χ0) is 10.5. The maximum absolute atomic E-state index is 5.55. The molecule has 0 saturated carbocycles. The average Bonchev–Trinajstić information content (AvgIpc) is 2.52. The van der Waals surface area contributed by atoms with Gasteiger partial charge in [0.15, 0.2) is 0 Å². The molecule has 1 aromatic heterocycles. The third kappa shape index (κ3) is 3.21. The van der Waals surface area contributed by atoms with Crippen molar-refractivity contribution < 1.29 is 4.74 Å². The average molecular weight is 210 g/mol. The predicted octanol–water partition coefficient (Wildman–Crippen LogP) is 0.188. The highest BCUT2D eigenvalue weighted by atomic mass is 16.5. The van der Waals surface area contributed by atoms with Crippen LogP contribution in [0.25, 0.3) is 0 Å². The normalized spacial score (nSPS) is 18.9. The molecule has 2 N–H and O–H groups in total. The van der Waals surface area contributed by atoms with Crippen molar-refractivity contribution in [3.8, 4) is 0 Å². The molecule has 84 valence electrons. The van der Waals surface area contributed by atoms with Gasteiger partial charge >= 0.3 is 0 Å². The fourth-order valence-electron chi connectivity index (χ4n) is 1.77. The van der Waals surface area contributed by atoms with Gasteiger partial charge in [0.1, 0.15) is 5.82 Å². The molecule has 0 radical (unpaired) electrons. The maximum atomic E-state index is 5.55. The summed E-state index contributed by atoms with van der Waals surface area (Å²) in [4.78, 5) is 2.41. The number of nitrogens with two attached hydrogens (primary N) is 1. The van der Waals surface area contributed by atoms with E-state index in [4.69, 9.17) is 10.5 Å². The van der Waals surface area contributed by atoms with E-state index in [1.165, 1.54) is 0 Å². The molecule has 0 aliphatic carbocycles. The van der Waals surface area contributed by atoms with Crippen molar-refractivity contribution in [2.45, 2.75) is 13.0 Å². The quantitative estimate of drug-likeness (QED) is 0.773. The van der Waals surface area contributed by atoms with Crippen LogP contribution >= 0.6 is 0 Å². The minimum absolute atomic E-state index is 0.592. The smallest absolute Gasteiger partial charge is 0.145 e. The Morgan fingerprint density at radius 2 is 2.27 bits per heavy atom. The van der Waals surface area contributed by atoms with Crippen LogP contribution in [0.15, 0.2) is 12.3 Å². The van der Waals surface area contributed by atoms with Crippen LogP contribution in [-0.2, 0) is 11.3 Å². The number of aromatic nitrogens is 2. The van der Waals surface area contributed by atoms with Crippen LogP contribution in [0.5, 0.6) is 0 Å². The minimum Gasteiger partial charge on any atom is -0.382 e. The molecule has 5 nitrogen and oxygen atoms in total. The van der Waals surface area contributed by atoms with E-state index in [2.05, 4.69) is 10.00 Å². The Labute approximate surface area is 89.8 Å². The molecule has 0 amide bonds. The zero-order valence-corrected chi connectivity index (χ0v) is 8.93. The SMILES string of the molecule is Nc1ccn(CCN2CCCOCC2)n1. The van der Waals surface area contributed by atoms with Crippen molar-refractivity contribution in [1.82, 2.24) is 14.7 Å². The molecule has 2 rings (SSSR count). The van der Waals surface area contributed by atoms with Gasteiger partial charge in [-0.1, -0.05) is 0 Å². The van der Waals surface area contributed by atoms with Crippen molar-refractivity contribution in [3.63, 3.8) is 0 Å². The van der Waals surface area contributed by atoms with E-state index in [1.54, 1.807) is 0 Å². The fraction of sp³-hybridized carbons (Fsp3) is 0.700. The van der Waals surface area contributed by atoms with Crippen LogP contribution in [0.4, 0.5) is 5.82 Å². The first-order valence-corrected chi connectivity index (χ1v) is 5.43. The van der Waals surface area contributed by atoms with Crippen molar-refractivity contribution >= 4 is 5.82 Å². The molecule has 0 atom stereocenters. The fourth-order valence-corrected chi connectivity index (χ4v) is 1.77. The summed E-state index contributed by atoms with van der Waals surface area (Å²) in [7, 11) is 0. The lowest BCUT2D eigenvalue weighted by molar-refractivity contribution is 0.140. The van der Waals surface area contributed by atoms with Crippen molar-refractivity contribution in [2.24, 2.45) is 0 Å². The lowest BCUT2D eigenvalue weighted by Gasteiger charge is -2.18. The van der Waals surface area contributed by atoms with E-state index in [9.17, 15) is 0 Å². The molecular weight excluding hydrogens is 192 g/mol. The first-order chi connectivity index (χ1) is 7.34. The molecule has 5 heteroatoms. The second-order valence-electron chi connectivity index (χ2n) is 3.81. The Kier molecular flexibility index (Phi) is 3.58. The topological polar surface area (TPSA) is 56.3 Å². The van der Waals surface area contributed by atoms with E-state index in [0.29, 0.717) is 5.82 Å². The molecule has 1 aliphatic rings. The first-order valence-electron chi connectivity index (χ1n) is 5.43. The summed E-state index contributed by atoms with van der Waals surface area (Å²) in [5, 5.41) is 4.16. The second kappa shape index (κ2) is 5.14. The van der Waals surface area contributed by atoms with E-state index in [1.807, 2.05) is 16.9 Å².